The van der Waals surface area contributed by atoms with E-state index in [-0.39, 0.29) is 0 Å². The second-order valence-corrected chi connectivity index (χ2v) is 4.44. The van der Waals surface area contributed by atoms with Gasteiger partial charge in [0.15, 0.2) is 0 Å². The molecule has 2 nitrogen and oxygen atoms in total. The second kappa shape index (κ2) is 6.02. The zero-order valence-electron chi connectivity index (χ0n) is 9.89. The van der Waals surface area contributed by atoms with Crippen LogP contribution in [-0.2, 0) is 16.1 Å². The van der Waals surface area contributed by atoms with Gasteiger partial charge < -0.3 is 9.47 Å². The summed E-state index contributed by atoms with van der Waals surface area (Å²) in [6.07, 6.45) is 5.39. The van der Waals surface area contributed by atoms with E-state index in [0.717, 1.165) is 13.0 Å². The molecule has 0 aliphatic heterocycles. The van der Waals surface area contributed by atoms with Gasteiger partial charge in [0.05, 0.1) is 18.8 Å². The zero-order chi connectivity index (χ0) is 11.2. The normalized spacial score (nSPS) is 25.6. The molecule has 1 saturated carbocycles. The molecule has 1 aromatic rings. The maximum absolute atomic E-state index is 5.92. The third-order valence-corrected chi connectivity index (χ3v) is 3.24. The average Bonchev–Trinajstić information content (AvgIpc) is 2.38. The highest BCUT2D eigenvalue weighted by molar-refractivity contribution is 5.13. The Labute approximate surface area is 97.6 Å². The second-order valence-electron chi connectivity index (χ2n) is 4.44. The maximum Gasteiger partial charge on any atom is 0.0720 e. The number of hydrogen-bond acceptors (Lipinski definition) is 2. The van der Waals surface area contributed by atoms with Crippen LogP contribution < -0.4 is 0 Å². The predicted molar refractivity (Wildman–Crippen MR) is 64.3 cm³/mol. The Morgan fingerprint density at radius 2 is 1.88 bits per heavy atom. The lowest BCUT2D eigenvalue weighted by Crippen LogP contribution is -2.27. The molecule has 0 aromatic heterocycles. The van der Waals surface area contributed by atoms with Crippen LogP contribution in [0.25, 0.3) is 0 Å². The maximum atomic E-state index is 5.92. The van der Waals surface area contributed by atoms with E-state index >= 15 is 0 Å². The molecule has 0 N–H and O–H groups in total. The van der Waals surface area contributed by atoms with Crippen LogP contribution in [0.5, 0.6) is 0 Å². The van der Waals surface area contributed by atoms with Crippen molar-refractivity contribution < 1.29 is 9.47 Å². The molecule has 0 amide bonds. The molecular formula is C14H20O2. The molecule has 2 rings (SSSR count). The van der Waals surface area contributed by atoms with Crippen LogP contribution in [-0.4, -0.2) is 19.3 Å². The Morgan fingerprint density at radius 3 is 2.62 bits per heavy atom. The lowest BCUT2D eigenvalue weighted by Gasteiger charge is -2.28. The number of ether oxygens (including phenoxy) is 2. The van der Waals surface area contributed by atoms with Gasteiger partial charge in [-0.05, 0) is 31.2 Å². The average molecular weight is 220 g/mol. The van der Waals surface area contributed by atoms with Gasteiger partial charge in [0, 0.05) is 7.11 Å². The topological polar surface area (TPSA) is 18.5 Å². The molecule has 1 aliphatic rings. The lowest BCUT2D eigenvalue weighted by atomic mass is 9.95. The van der Waals surface area contributed by atoms with Crippen molar-refractivity contribution in [3.8, 4) is 0 Å². The lowest BCUT2D eigenvalue weighted by molar-refractivity contribution is -0.0363. The van der Waals surface area contributed by atoms with Crippen LogP contribution >= 0.6 is 0 Å². The molecular weight excluding hydrogens is 200 g/mol. The van der Waals surface area contributed by atoms with E-state index in [1.165, 1.54) is 24.8 Å². The van der Waals surface area contributed by atoms with Crippen molar-refractivity contribution >= 4 is 0 Å². The Bertz CT molecular complexity index is 297. The number of methoxy groups -OCH3 is 1. The molecule has 2 heteroatoms. The molecule has 2 atom stereocenters. The summed E-state index contributed by atoms with van der Waals surface area (Å²) in [7, 11) is 1.80. The summed E-state index contributed by atoms with van der Waals surface area (Å²) in [4.78, 5) is 0. The highest BCUT2D eigenvalue weighted by Crippen LogP contribution is 2.23. The first-order valence-corrected chi connectivity index (χ1v) is 6.07. The van der Waals surface area contributed by atoms with Crippen molar-refractivity contribution in [1.82, 2.24) is 0 Å². The van der Waals surface area contributed by atoms with Crippen molar-refractivity contribution in [2.24, 2.45) is 0 Å². The first-order valence-electron chi connectivity index (χ1n) is 6.07. The SMILES string of the molecule is COC1CCCC(OCc2ccccc2)C1. The number of hydrogen-bond donors (Lipinski definition) is 0. The van der Waals surface area contributed by atoms with E-state index < -0.39 is 0 Å². The van der Waals surface area contributed by atoms with Crippen molar-refractivity contribution in [1.29, 1.82) is 0 Å². The van der Waals surface area contributed by atoms with Crippen molar-refractivity contribution in [2.75, 3.05) is 7.11 Å². The fourth-order valence-corrected chi connectivity index (χ4v) is 2.26. The standard InChI is InChI=1S/C14H20O2/c1-15-13-8-5-9-14(10-13)16-11-12-6-3-2-4-7-12/h2-4,6-7,13-14H,5,8-11H2,1H3. The van der Waals surface area contributed by atoms with Gasteiger partial charge in [0.2, 0.25) is 0 Å². The first-order chi connectivity index (χ1) is 7.88. The minimum atomic E-state index is 0.374. The summed E-state index contributed by atoms with van der Waals surface area (Å²) < 4.78 is 11.3. The monoisotopic (exact) mass is 220 g/mol. The predicted octanol–water partition coefficient (Wildman–Crippen LogP) is 3.16. The smallest absolute Gasteiger partial charge is 0.0720 e. The largest absolute Gasteiger partial charge is 0.381 e. The van der Waals surface area contributed by atoms with E-state index in [2.05, 4.69) is 24.3 Å². The quantitative estimate of drug-likeness (QED) is 0.776. The fourth-order valence-electron chi connectivity index (χ4n) is 2.26. The van der Waals surface area contributed by atoms with Gasteiger partial charge in [-0.1, -0.05) is 30.3 Å². The molecule has 0 saturated heterocycles. The molecule has 1 aliphatic carbocycles. The third-order valence-electron chi connectivity index (χ3n) is 3.24. The van der Waals surface area contributed by atoms with Gasteiger partial charge in [-0.25, -0.2) is 0 Å². The van der Waals surface area contributed by atoms with Gasteiger partial charge in [0.1, 0.15) is 0 Å². The summed E-state index contributed by atoms with van der Waals surface area (Å²) in [5.74, 6) is 0. The van der Waals surface area contributed by atoms with Crippen LogP contribution in [0.3, 0.4) is 0 Å². The molecule has 0 bridgehead atoms. The van der Waals surface area contributed by atoms with E-state index in [9.17, 15) is 0 Å². The van der Waals surface area contributed by atoms with Crippen LogP contribution in [0.15, 0.2) is 30.3 Å². The van der Waals surface area contributed by atoms with Crippen molar-refractivity contribution in [2.45, 2.75) is 44.5 Å². The molecule has 1 aromatic carbocycles. The summed E-state index contributed by atoms with van der Waals surface area (Å²) in [5.41, 5.74) is 1.25. The van der Waals surface area contributed by atoms with Crippen LogP contribution in [0.2, 0.25) is 0 Å². The number of rotatable bonds is 4. The summed E-state index contributed by atoms with van der Waals surface area (Å²) in [6, 6.07) is 10.4. The van der Waals surface area contributed by atoms with Crippen LogP contribution in [0.4, 0.5) is 0 Å². The zero-order valence-corrected chi connectivity index (χ0v) is 9.89. The van der Waals surface area contributed by atoms with E-state index in [1.807, 2.05) is 6.07 Å². The first kappa shape index (κ1) is 11.6. The Morgan fingerprint density at radius 1 is 1.12 bits per heavy atom. The van der Waals surface area contributed by atoms with E-state index in [1.54, 1.807) is 7.11 Å². The minimum Gasteiger partial charge on any atom is -0.381 e. The highest BCUT2D eigenvalue weighted by Gasteiger charge is 2.21. The summed E-state index contributed by atoms with van der Waals surface area (Å²) in [5, 5.41) is 0. The Hall–Kier alpha value is -0.860. The summed E-state index contributed by atoms with van der Waals surface area (Å²) >= 11 is 0. The molecule has 1 fully saturated rings. The Balaban J connectivity index is 1.77. The van der Waals surface area contributed by atoms with E-state index in [4.69, 9.17) is 9.47 Å². The molecule has 16 heavy (non-hydrogen) atoms. The van der Waals surface area contributed by atoms with E-state index in [0.29, 0.717) is 12.2 Å². The molecule has 0 spiro atoms. The molecule has 0 heterocycles. The van der Waals surface area contributed by atoms with Gasteiger partial charge in [-0.15, -0.1) is 0 Å². The van der Waals surface area contributed by atoms with Gasteiger partial charge in [-0.3, -0.25) is 0 Å². The van der Waals surface area contributed by atoms with Crippen LogP contribution in [0.1, 0.15) is 31.2 Å². The van der Waals surface area contributed by atoms with Gasteiger partial charge >= 0.3 is 0 Å². The Kier molecular flexibility index (Phi) is 4.37. The van der Waals surface area contributed by atoms with Crippen LogP contribution in [0, 0.1) is 0 Å². The molecule has 0 radical (unpaired) electrons. The number of benzene rings is 1. The molecule has 88 valence electrons. The van der Waals surface area contributed by atoms with Gasteiger partial charge in [-0.2, -0.15) is 0 Å². The summed E-state index contributed by atoms with van der Waals surface area (Å²) in [6.45, 7) is 0.724. The fraction of sp³-hybridized carbons (Fsp3) is 0.571. The van der Waals surface area contributed by atoms with Gasteiger partial charge in [0.25, 0.3) is 0 Å². The minimum absolute atomic E-state index is 0.374. The molecule has 2 unspecified atom stereocenters. The highest BCUT2D eigenvalue weighted by atomic mass is 16.5. The third kappa shape index (κ3) is 3.32. The van der Waals surface area contributed by atoms with Crippen molar-refractivity contribution in [3.63, 3.8) is 0 Å². The van der Waals surface area contributed by atoms with Crippen molar-refractivity contribution in [3.05, 3.63) is 35.9 Å².